The maximum Gasteiger partial charge on any atom is 0.319 e. The highest BCUT2D eigenvalue weighted by atomic mass is 32.2. The molecule has 2 atom stereocenters. The Hall–Kier alpha value is -2.67. The molecule has 7 heteroatoms. The van der Waals surface area contributed by atoms with Gasteiger partial charge in [0.1, 0.15) is 22.0 Å². The molecule has 0 aliphatic rings. The van der Waals surface area contributed by atoms with Crippen LogP contribution in [0.15, 0.2) is 24.3 Å². The Balaban J connectivity index is 2.61. The van der Waals surface area contributed by atoms with Crippen LogP contribution in [0.3, 0.4) is 0 Å². The highest BCUT2D eigenvalue weighted by Gasteiger charge is 2.33. The lowest BCUT2D eigenvalue weighted by atomic mass is 9.78. The third-order valence-electron chi connectivity index (χ3n) is 7.57. The molecule has 0 saturated carbocycles. The van der Waals surface area contributed by atoms with Crippen LogP contribution >= 0.6 is 11.8 Å². The summed E-state index contributed by atoms with van der Waals surface area (Å²) in [6, 6.07) is 7.65. The number of ether oxygens (including phenoxy) is 1. The second-order valence-corrected chi connectivity index (χ2v) is 17.1. The van der Waals surface area contributed by atoms with Gasteiger partial charge in [-0.2, -0.15) is 0 Å². The quantitative estimate of drug-likeness (QED) is 0.245. The van der Waals surface area contributed by atoms with Gasteiger partial charge in [-0.15, -0.1) is 11.8 Å². The number of phenolic OH excluding ortho intramolecular Hbond substituents is 2. The number of hydrogen-bond acceptors (Lipinski definition) is 6. The van der Waals surface area contributed by atoms with E-state index in [-0.39, 0.29) is 52.6 Å². The normalized spacial score (nSPS) is 14.3. The van der Waals surface area contributed by atoms with Crippen LogP contribution in [0.5, 0.6) is 11.5 Å². The van der Waals surface area contributed by atoms with Crippen molar-refractivity contribution in [3.05, 3.63) is 57.6 Å². The Labute approximate surface area is 263 Å². The summed E-state index contributed by atoms with van der Waals surface area (Å²) in [5, 5.41) is 31.0. The summed E-state index contributed by atoms with van der Waals surface area (Å²) >= 11 is 1.10. The van der Waals surface area contributed by atoms with E-state index < -0.39 is 22.4 Å². The molecule has 43 heavy (non-hydrogen) atoms. The number of phenols is 2. The Morgan fingerprint density at radius 1 is 0.651 bits per heavy atom. The van der Waals surface area contributed by atoms with Crippen LogP contribution in [-0.2, 0) is 48.8 Å². The third-order valence-corrected chi connectivity index (χ3v) is 8.95. The van der Waals surface area contributed by atoms with Gasteiger partial charge in [0.2, 0.25) is 0 Å². The molecule has 3 N–H and O–H groups in total. The number of esters is 1. The molecule has 2 rings (SSSR count). The summed E-state index contributed by atoms with van der Waals surface area (Å²) in [4.78, 5) is 25.9. The van der Waals surface area contributed by atoms with E-state index >= 15 is 0 Å². The molecule has 6 nitrogen and oxygen atoms in total. The number of benzene rings is 2. The Morgan fingerprint density at radius 2 is 0.953 bits per heavy atom. The van der Waals surface area contributed by atoms with E-state index in [2.05, 4.69) is 0 Å². The van der Waals surface area contributed by atoms with Crippen molar-refractivity contribution in [3.8, 4) is 11.5 Å². The second-order valence-electron chi connectivity index (χ2n) is 15.7. The number of aliphatic carboxylic acids is 1. The van der Waals surface area contributed by atoms with Gasteiger partial charge < -0.3 is 20.1 Å². The van der Waals surface area contributed by atoms with Gasteiger partial charge in [-0.25, -0.2) is 0 Å². The number of aromatic hydroxyl groups is 2. The topological polar surface area (TPSA) is 104 Å². The summed E-state index contributed by atoms with van der Waals surface area (Å²) < 4.78 is 5.43. The number of carbonyl (C=O) groups is 2. The Morgan fingerprint density at radius 3 is 1.21 bits per heavy atom. The highest BCUT2D eigenvalue weighted by molar-refractivity contribution is 8.01. The Bertz CT molecular complexity index is 1250. The van der Waals surface area contributed by atoms with E-state index in [1.807, 2.05) is 107 Å². The van der Waals surface area contributed by atoms with Crippen molar-refractivity contribution in [1.29, 1.82) is 0 Å². The number of hydrogen-bond donors (Lipinski definition) is 3. The summed E-state index contributed by atoms with van der Waals surface area (Å²) in [5.41, 5.74) is 3.34. The van der Waals surface area contributed by atoms with Crippen molar-refractivity contribution < 1.29 is 29.6 Å². The minimum atomic E-state index is -1.02. The highest BCUT2D eigenvalue weighted by Crippen LogP contribution is 2.42. The van der Waals surface area contributed by atoms with E-state index in [0.717, 1.165) is 45.1 Å². The lowest BCUT2D eigenvalue weighted by molar-refractivity contribution is -0.142. The van der Waals surface area contributed by atoms with Crippen LogP contribution in [-0.4, -0.2) is 44.4 Å². The van der Waals surface area contributed by atoms with Crippen LogP contribution in [0.2, 0.25) is 0 Å². The lowest BCUT2D eigenvalue weighted by Crippen LogP contribution is -2.30. The molecule has 0 aliphatic carbocycles. The molecule has 240 valence electrons. The molecule has 0 heterocycles. The maximum absolute atomic E-state index is 13.3. The number of carbonyl (C=O) groups excluding carboxylic acids is 1. The molecule has 0 fully saturated rings. The van der Waals surface area contributed by atoms with Crippen molar-refractivity contribution in [1.82, 2.24) is 0 Å². The standard InChI is InChI=1S/C36H54O6S/c1-14-42-32(41)28(20-22-17-25(35(8,9)10)30(38)26(18-22)36(11,12)13)43-27(31(39)40)19-21-15-23(33(2,3)4)29(37)24(16-21)34(5,6)7/h15-18,27-28,37-38H,14,19-20H2,1-13H3,(H,39,40). The zero-order chi connectivity index (χ0) is 33.3. The first kappa shape index (κ1) is 36.5. The molecule has 2 unspecified atom stereocenters. The minimum Gasteiger partial charge on any atom is -0.507 e. The first-order valence-corrected chi connectivity index (χ1v) is 16.1. The second kappa shape index (κ2) is 13.1. The molecule has 0 aliphatic heterocycles. The lowest BCUT2D eigenvalue weighted by Gasteiger charge is -2.29. The molecule has 2 aromatic rings. The predicted molar refractivity (Wildman–Crippen MR) is 178 cm³/mol. The molecule has 0 amide bonds. The maximum atomic E-state index is 13.3. The molecule has 0 spiro atoms. The van der Waals surface area contributed by atoms with E-state index in [9.17, 15) is 24.9 Å². The molecular weight excluding hydrogens is 560 g/mol. The zero-order valence-electron chi connectivity index (χ0n) is 28.6. The molecule has 0 radical (unpaired) electrons. The van der Waals surface area contributed by atoms with Gasteiger partial charge in [0.25, 0.3) is 0 Å². The fourth-order valence-electron chi connectivity index (χ4n) is 5.15. The average Bonchev–Trinajstić information content (AvgIpc) is 2.81. The molecular formula is C36H54O6S. The van der Waals surface area contributed by atoms with Gasteiger partial charge >= 0.3 is 11.9 Å². The van der Waals surface area contributed by atoms with Gasteiger partial charge in [0.15, 0.2) is 0 Å². The van der Waals surface area contributed by atoms with Crippen molar-refractivity contribution >= 4 is 23.7 Å². The number of carboxylic acids is 1. The minimum absolute atomic E-state index is 0.179. The van der Waals surface area contributed by atoms with Crippen molar-refractivity contribution in [3.63, 3.8) is 0 Å². The van der Waals surface area contributed by atoms with E-state index in [4.69, 9.17) is 4.74 Å². The van der Waals surface area contributed by atoms with Gasteiger partial charge in [0, 0.05) is 0 Å². The first-order chi connectivity index (χ1) is 19.4. The molecule has 2 aromatic carbocycles. The van der Waals surface area contributed by atoms with Crippen molar-refractivity contribution in [2.45, 2.75) is 135 Å². The molecule has 0 aromatic heterocycles. The van der Waals surface area contributed by atoms with E-state index in [0.29, 0.717) is 0 Å². The van der Waals surface area contributed by atoms with Crippen LogP contribution in [0, 0.1) is 0 Å². The van der Waals surface area contributed by atoms with E-state index in [1.165, 1.54) is 0 Å². The fraction of sp³-hybridized carbons (Fsp3) is 0.611. The number of carboxylic acid groups (broad SMARTS) is 1. The van der Waals surface area contributed by atoms with Crippen LogP contribution in [0.1, 0.15) is 123 Å². The van der Waals surface area contributed by atoms with Crippen LogP contribution in [0.25, 0.3) is 0 Å². The van der Waals surface area contributed by atoms with Crippen LogP contribution in [0.4, 0.5) is 0 Å². The van der Waals surface area contributed by atoms with Crippen molar-refractivity contribution in [2.24, 2.45) is 0 Å². The Kier molecular flexibility index (Phi) is 11.2. The average molecular weight is 615 g/mol. The summed E-state index contributed by atoms with van der Waals surface area (Å²) in [6.45, 7) is 26.3. The molecule has 0 bridgehead atoms. The summed E-state index contributed by atoms with van der Waals surface area (Å²) in [5.74, 6) is -0.982. The largest absolute Gasteiger partial charge is 0.507 e. The fourth-order valence-corrected chi connectivity index (χ4v) is 6.42. The molecule has 0 saturated heterocycles. The van der Waals surface area contributed by atoms with Gasteiger partial charge in [-0.3, -0.25) is 9.59 Å². The van der Waals surface area contributed by atoms with Gasteiger partial charge in [-0.1, -0.05) is 107 Å². The summed E-state index contributed by atoms with van der Waals surface area (Å²) in [6.07, 6.45) is 0.439. The van der Waals surface area contributed by atoms with E-state index in [1.54, 1.807) is 6.92 Å². The monoisotopic (exact) mass is 614 g/mol. The zero-order valence-corrected chi connectivity index (χ0v) is 29.4. The smallest absolute Gasteiger partial charge is 0.319 e. The van der Waals surface area contributed by atoms with Crippen LogP contribution < -0.4 is 0 Å². The third kappa shape index (κ3) is 9.41. The van der Waals surface area contributed by atoms with Crippen molar-refractivity contribution in [2.75, 3.05) is 6.61 Å². The first-order valence-electron chi connectivity index (χ1n) is 15.2. The number of rotatable bonds is 9. The number of thioether (sulfide) groups is 1. The van der Waals surface area contributed by atoms with Gasteiger partial charge in [0.05, 0.1) is 6.61 Å². The SMILES string of the molecule is CCOC(=O)C(Cc1cc(C(C)(C)C)c(O)c(C(C)(C)C)c1)SC(Cc1cc(C(C)(C)C)c(O)c(C(C)(C)C)c1)C(=O)O. The van der Waals surface area contributed by atoms with Gasteiger partial charge in [-0.05, 0) is 74.8 Å². The summed E-state index contributed by atoms with van der Waals surface area (Å²) in [7, 11) is 0. The predicted octanol–water partition coefficient (Wildman–Crippen LogP) is 8.19.